The van der Waals surface area contributed by atoms with Crippen LogP contribution in [0.1, 0.15) is 23.7 Å². The molecule has 0 fully saturated rings. The third-order valence-corrected chi connectivity index (χ3v) is 9.96. The van der Waals surface area contributed by atoms with Gasteiger partial charge in [0, 0.05) is 22.4 Å². The highest BCUT2D eigenvalue weighted by molar-refractivity contribution is 6.07. The second-order valence-electron chi connectivity index (χ2n) is 13.2. The van der Waals surface area contributed by atoms with Gasteiger partial charge in [-0.1, -0.05) is 152 Å². The van der Waals surface area contributed by atoms with E-state index >= 15 is 0 Å². The number of hydrogen-bond acceptors (Lipinski definition) is 4. The summed E-state index contributed by atoms with van der Waals surface area (Å²) in [6, 6.07) is 54.6. The van der Waals surface area contributed by atoms with Crippen LogP contribution in [0.2, 0.25) is 0 Å². The van der Waals surface area contributed by atoms with Crippen LogP contribution in [-0.4, -0.2) is 19.4 Å². The smallest absolute Gasteiger partial charge is 0.213 e. The van der Waals surface area contributed by atoms with Gasteiger partial charge in [-0.2, -0.15) is 0 Å². The molecule has 0 N–H and O–H groups in total. The maximum atomic E-state index is 6.49. The topological polar surface area (TPSA) is 56.2 Å². The van der Waals surface area contributed by atoms with Crippen molar-refractivity contribution in [2.45, 2.75) is 12.3 Å². The summed E-state index contributed by atoms with van der Waals surface area (Å²) in [6.07, 6.45) is 7.53. The highest BCUT2D eigenvalue weighted by Gasteiger charge is 2.22. The molecule has 3 heterocycles. The lowest BCUT2D eigenvalue weighted by atomic mass is 9.91. The lowest BCUT2D eigenvalue weighted by molar-refractivity contribution is 0.658. The standard InChI is InChI=1S/C47H32N4O/c1-3-13-31(14-4-1)35-17-11-19-37(29-35)45-48-44(49-46(50-45)38-20-12-18-36(30-38)32-15-5-2-6-16-32)34-27-25-33(26-28-34)43-39-21-7-8-22-40(39)51-41-23-9-10-24-42(41)52-47(43)51/h1-19,21-30,38H,20H2. The van der Waals surface area contributed by atoms with Crippen molar-refractivity contribution in [1.29, 1.82) is 0 Å². The van der Waals surface area contributed by atoms with Crippen LogP contribution < -0.4 is 0 Å². The molecule has 9 aromatic rings. The van der Waals surface area contributed by atoms with Crippen LogP contribution in [0.25, 0.3) is 78.3 Å². The maximum Gasteiger partial charge on any atom is 0.213 e. The van der Waals surface area contributed by atoms with Crippen molar-refractivity contribution in [2.75, 3.05) is 0 Å². The molecule has 0 saturated carbocycles. The van der Waals surface area contributed by atoms with Crippen LogP contribution in [0.3, 0.4) is 0 Å². The van der Waals surface area contributed by atoms with Crippen molar-refractivity contribution in [3.8, 4) is 45.0 Å². The van der Waals surface area contributed by atoms with E-state index in [-0.39, 0.29) is 5.92 Å². The van der Waals surface area contributed by atoms with Crippen LogP contribution in [-0.2, 0) is 0 Å². The molecule has 52 heavy (non-hydrogen) atoms. The number of nitrogens with zero attached hydrogens (tertiary/aromatic N) is 4. The minimum absolute atomic E-state index is 0.00589. The number of allylic oxidation sites excluding steroid dienone is 4. The summed E-state index contributed by atoms with van der Waals surface area (Å²) < 4.78 is 8.71. The largest absolute Gasteiger partial charge is 0.438 e. The molecule has 5 nitrogen and oxygen atoms in total. The first-order chi connectivity index (χ1) is 25.8. The summed E-state index contributed by atoms with van der Waals surface area (Å²) in [4.78, 5) is 15.4. The zero-order chi connectivity index (χ0) is 34.4. The van der Waals surface area contributed by atoms with Crippen LogP contribution in [0.15, 0.2) is 180 Å². The third-order valence-electron chi connectivity index (χ3n) is 9.96. The van der Waals surface area contributed by atoms with E-state index in [2.05, 4.69) is 156 Å². The maximum absolute atomic E-state index is 6.49. The highest BCUT2D eigenvalue weighted by Crippen LogP contribution is 2.40. The van der Waals surface area contributed by atoms with E-state index < -0.39 is 0 Å². The van der Waals surface area contributed by atoms with E-state index in [0.29, 0.717) is 11.6 Å². The first-order valence-corrected chi connectivity index (χ1v) is 17.6. The van der Waals surface area contributed by atoms with Crippen LogP contribution >= 0.6 is 0 Å². The fourth-order valence-electron chi connectivity index (χ4n) is 7.42. The van der Waals surface area contributed by atoms with Crippen molar-refractivity contribution in [3.05, 3.63) is 187 Å². The summed E-state index contributed by atoms with van der Waals surface area (Å²) >= 11 is 0. The van der Waals surface area contributed by atoms with E-state index in [0.717, 1.165) is 73.3 Å². The molecule has 5 heteroatoms. The number of benzene rings is 6. The molecule has 3 aromatic heterocycles. The average Bonchev–Trinajstić information content (AvgIpc) is 3.76. The van der Waals surface area contributed by atoms with E-state index in [4.69, 9.17) is 19.4 Å². The third kappa shape index (κ3) is 5.22. The molecule has 0 radical (unpaired) electrons. The van der Waals surface area contributed by atoms with Gasteiger partial charge in [-0.15, -0.1) is 0 Å². The molecule has 0 amide bonds. The summed E-state index contributed by atoms with van der Waals surface area (Å²) in [6.45, 7) is 0. The molecule has 0 bridgehead atoms. The van der Waals surface area contributed by atoms with Gasteiger partial charge in [0.05, 0.1) is 16.6 Å². The van der Waals surface area contributed by atoms with Gasteiger partial charge in [0.2, 0.25) is 5.71 Å². The number of fused-ring (bicyclic) bond motifs is 5. The van der Waals surface area contributed by atoms with Gasteiger partial charge < -0.3 is 4.42 Å². The predicted molar refractivity (Wildman–Crippen MR) is 211 cm³/mol. The summed E-state index contributed by atoms with van der Waals surface area (Å²) in [5, 5.41) is 1.15. The molecule has 0 aliphatic heterocycles. The number of hydrogen-bond donors (Lipinski definition) is 0. The highest BCUT2D eigenvalue weighted by atomic mass is 16.3. The van der Waals surface area contributed by atoms with Crippen molar-refractivity contribution in [3.63, 3.8) is 0 Å². The van der Waals surface area contributed by atoms with Gasteiger partial charge in [0.15, 0.2) is 17.2 Å². The van der Waals surface area contributed by atoms with Crippen molar-refractivity contribution in [2.24, 2.45) is 0 Å². The Balaban J connectivity index is 1.10. The summed E-state index contributed by atoms with van der Waals surface area (Å²) in [5.41, 5.74) is 12.5. The van der Waals surface area contributed by atoms with Gasteiger partial charge in [-0.3, -0.25) is 4.40 Å². The number of rotatable bonds is 6. The van der Waals surface area contributed by atoms with E-state index in [1.807, 2.05) is 24.3 Å². The second kappa shape index (κ2) is 12.5. The Morgan fingerprint density at radius 3 is 1.96 bits per heavy atom. The molecule has 1 aliphatic carbocycles. The Kier molecular flexibility index (Phi) is 7.21. The average molecular weight is 669 g/mol. The zero-order valence-electron chi connectivity index (χ0n) is 28.2. The monoisotopic (exact) mass is 668 g/mol. The predicted octanol–water partition coefficient (Wildman–Crippen LogP) is 11.8. The lowest BCUT2D eigenvalue weighted by Crippen LogP contribution is -2.09. The van der Waals surface area contributed by atoms with Crippen LogP contribution in [0.4, 0.5) is 0 Å². The summed E-state index contributed by atoms with van der Waals surface area (Å²) in [7, 11) is 0. The molecule has 1 atom stereocenters. The van der Waals surface area contributed by atoms with Crippen molar-refractivity contribution < 1.29 is 4.42 Å². The first kappa shape index (κ1) is 30.0. The van der Waals surface area contributed by atoms with E-state index in [1.54, 1.807) is 0 Å². The lowest BCUT2D eigenvalue weighted by Gasteiger charge is -2.18. The summed E-state index contributed by atoms with van der Waals surface area (Å²) in [5.74, 6) is 2.07. The van der Waals surface area contributed by atoms with Gasteiger partial charge in [-0.25, -0.2) is 15.0 Å². The quantitative estimate of drug-likeness (QED) is 0.177. The Hall–Kier alpha value is -6.85. The van der Waals surface area contributed by atoms with Crippen LogP contribution in [0.5, 0.6) is 0 Å². The Morgan fingerprint density at radius 1 is 0.519 bits per heavy atom. The molecule has 10 rings (SSSR count). The minimum Gasteiger partial charge on any atom is -0.438 e. The molecule has 1 unspecified atom stereocenters. The molecular formula is C47H32N4O. The van der Waals surface area contributed by atoms with Crippen molar-refractivity contribution in [1.82, 2.24) is 19.4 Å². The van der Waals surface area contributed by atoms with E-state index in [9.17, 15) is 0 Å². The van der Waals surface area contributed by atoms with Crippen molar-refractivity contribution >= 4 is 33.3 Å². The molecule has 6 aromatic carbocycles. The molecular weight excluding hydrogens is 637 g/mol. The number of para-hydroxylation sites is 3. The SMILES string of the molecule is C1=CC(c2ccccc2)=CC(c2nc(-c3ccc(-c4c5ccccc5n5c4oc4ccccc45)cc3)nc(-c3cccc(-c4ccccc4)c3)n2)C1. The number of oxazole rings is 1. The fourth-order valence-corrected chi connectivity index (χ4v) is 7.42. The molecule has 0 spiro atoms. The van der Waals surface area contributed by atoms with Gasteiger partial charge in [0.1, 0.15) is 5.82 Å². The molecule has 1 aliphatic rings. The van der Waals surface area contributed by atoms with Gasteiger partial charge in [0.25, 0.3) is 0 Å². The normalized spacial score (nSPS) is 14.3. The first-order valence-electron chi connectivity index (χ1n) is 17.6. The number of aromatic nitrogens is 4. The van der Waals surface area contributed by atoms with Gasteiger partial charge in [-0.05, 0) is 58.5 Å². The Morgan fingerprint density at radius 2 is 1.15 bits per heavy atom. The van der Waals surface area contributed by atoms with Gasteiger partial charge >= 0.3 is 0 Å². The Labute approximate surface area is 300 Å². The fraction of sp³-hybridized carbons (Fsp3) is 0.0426. The van der Waals surface area contributed by atoms with E-state index in [1.165, 1.54) is 11.1 Å². The molecule has 0 saturated heterocycles. The second-order valence-corrected chi connectivity index (χ2v) is 13.2. The minimum atomic E-state index is 0.00589. The van der Waals surface area contributed by atoms with Crippen LogP contribution in [0, 0.1) is 0 Å². The molecule has 246 valence electrons. The zero-order valence-corrected chi connectivity index (χ0v) is 28.2. The Bertz CT molecular complexity index is 2810.